The zero-order valence-corrected chi connectivity index (χ0v) is 14.0. The van der Waals surface area contributed by atoms with Gasteiger partial charge in [-0.1, -0.05) is 30.3 Å². The van der Waals surface area contributed by atoms with Crippen molar-refractivity contribution in [2.45, 2.75) is 18.7 Å². The van der Waals surface area contributed by atoms with E-state index in [4.69, 9.17) is 18.7 Å². The topological polar surface area (TPSA) is 78.2 Å². The van der Waals surface area contributed by atoms with E-state index < -0.39 is 30.0 Å². The average molecular weight is 345 g/mol. The van der Waals surface area contributed by atoms with Crippen LogP contribution >= 0.6 is 0 Å². The highest BCUT2D eigenvalue weighted by molar-refractivity contribution is 5.85. The van der Waals surface area contributed by atoms with Crippen LogP contribution in [0.2, 0.25) is 0 Å². The van der Waals surface area contributed by atoms with E-state index in [1.807, 2.05) is 30.3 Å². The number of hydroxylamine groups is 2. The molecule has 0 aliphatic carbocycles. The second-order valence-electron chi connectivity index (χ2n) is 5.62. The Hall–Kier alpha value is -2.64. The molecule has 25 heavy (non-hydrogen) atoms. The van der Waals surface area contributed by atoms with Gasteiger partial charge in [-0.25, -0.2) is 4.79 Å². The molecule has 1 aliphatic rings. The number of furan rings is 1. The van der Waals surface area contributed by atoms with Gasteiger partial charge in [0.2, 0.25) is 0 Å². The number of carbonyl (C=O) groups is 2. The van der Waals surface area contributed by atoms with Crippen LogP contribution in [0.15, 0.2) is 53.1 Å². The van der Waals surface area contributed by atoms with Gasteiger partial charge in [0.25, 0.3) is 0 Å². The fourth-order valence-corrected chi connectivity index (χ4v) is 2.99. The van der Waals surface area contributed by atoms with Gasteiger partial charge in [0.1, 0.15) is 17.7 Å². The summed E-state index contributed by atoms with van der Waals surface area (Å²) in [6.07, 6.45) is 0.409. The van der Waals surface area contributed by atoms with Crippen molar-refractivity contribution in [3.63, 3.8) is 0 Å². The smallest absolute Gasteiger partial charge is 0.338 e. The number of rotatable bonds is 5. The number of esters is 2. The molecule has 0 saturated carbocycles. The molecule has 1 fully saturated rings. The zero-order chi connectivity index (χ0) is 17.8. The highest BCUT2D eigenvalue weighted by atomic mass is 16.7. The summed E-state index contributed by atoms with van der Waals surface area (Å²) in [5.41, 5.74) is 0.966. The van der Waals surface area contributed by atoms with E-state index in [-0.39, 0.29) is 0 Å². The molecule has 0 bridgehead atoms. The first kappa shape index (κ1) is 17.2. The molecule has 132 valence electrons. The molecule has 2 heterocycles. The van der Waals surface area contributed by atoms with Crippen molar-refractivity contribution in [2.24, 2.45) is 5.92 Å². The maximum atomic E-state index is 12.4. The third kappa shape index (κ3) is 3.42. The summed E-state index contributed by atoms with van der Waals surface area (Å²) in [6, 6.07) is 12.4. The van der Waals surface area contributed by atoms with Gasteiger partial charge in [-0.3, -0.25) is 9.63 Å². The van der Waals surface area contributed by atoms with Crippen LogP contribution in [0.5, 0.6) is 0 Å². The molecule has 0 spiro atoms. The molecule has 0 radical (unpaired) electrons. The molecule has 7 heteroatoms. The minimum absolute atomic E-state index is 0.368. The van der Waals surface area contributed by atoms with Crippen molar-refractivity contribution < 1.29 is 28.3 Å². The van der Waals surface area contributed by atoms with Crippen molar-refractivity contribution >= 4 is 11.9 Å². The van der Waals surface area contributed by atoms with Crippen LogP contribution in [0, 0.1) is 5.92 Å². The number of methoxy groups -OCH3 is 2. The van der Waals surface area contributed by atoms with Gasteiger partial charge in [-0.15, -0.1) is 0 Å². The Morgan fingerprint density at radius 1 is 1.04 bits per heavy atom. The third-order valence-electron chi connectivity index (χ3n) is 4.15. The summed E-state index contributed by atoms with van der Waals surface area (Å²) in [4.78, 5) is 30.3. The maximum absolute atomic E-state index is 12.4. The Morgan fingerprint density at radius 2 is 1.76 bits per heavy atom. The zero-order valence-electron chi connectivity index (χ0n) is 14.0. The van der Waals surface area contributed by atoms with Crippen LogP contribution < -0.4 is 0 Å². The van der Waals surface area contributed by atoms with Gasteiger partial charge in [0, 0.05) is 6.54 Å². The molecule has 1 aliphatic heterocycles. The SMILES string of the molecule is COC(=O)[C@H]1ON(Cc2ccccc2)C(c2ccco2)[C@H]1C(=O)OC. The molecule has 0 amide bonds. The summed E-state index contributed by atoms with van der Waals surface area (Å²) in [5.74, 6) is -1.58. The molecular formula is C18H19NO6. The molecule has 1 unspecified atom stereocenters. The summed E-state index contributed by atoms with van der Waals surface area (Å²) < 4.78 is 15.2. The van der Waals surface area contributed by atoms with Gasteiger partial charge < -0.3 is 13.9 Å². The van der Waals surface area contributed by atoms with E-state index in [2.05, 4.69) is 0 Å². The number of ether oxygens (including phenoxy) is 2. The average Bonchev–Trinajstić information content (AvgIpc) is 3.28. The van der Waals surface area contributed by atoms with Crippen LogP contribution in [0.4, 0.5) is 0 Å². The quantitative estimate of drug-likeness (QED) is 0.768. The monoisotopic (exact) mass is 345 g/mol. The van der Waals surface area contributed by atoms with E-state index in [9.17, 15) is 9.59 Å². The Bertz CT molecular complexity index is 714. The Kier molecular flexibility index (Phi) is 5.16. The van der Waals surface area contributed by atoms with Crippen molar-refractivity contribution in [1.82, 2.24) is 5.06 Å². The minimum atomic E-state index is -1.10. The summed E-state index contributed by atoms with van der Waals surface area (Å²) in [6.45, 7) is 0.368. The number of carbonyl (C=O) groups excluding carboxylic acids is 2. The lowest BCUT2D eigenvalue weighted by molar-refractivity contribution is -0.194. The Morgan fingerprint density at radius 3 is 2.36 bits per heavy atom. The van der Waals surface area contributed by atoms with Gasteiger partial charge in [-0.05, 0) is 17.7 Å². The maximum Gasteiger partial charge on any atom is 0.338 e. The van der Waals surface area contributed by atoms with Gasteiger partial charge in [-0.2, -0.15) is 5.06 Å². The van der Waals surface area contributed by atoms with Crippen LogP contribution in [-0.4, -0.2) is 37.3 Å². The molecule has 1 aromatic carbocycles. The molecule has 1 saturated heterocycles. The second kappa shape index (κ2) is 7.50. The molecular weight excluding hydrogens is 326 g/mol. The van der Waals surface area contributed by atoms with Crippen LogP contribution in [0.3, 0.4) is 0 Å². The minimum Gasteiger partial charge on any atom is -0.469 e. The van der Waals surface area contributed by atoms with E-state index in [0.717, 1.165) is 5.56 Å². The normalized spacial score (nSPS) is 23.4. The lowest BCUT2D eigenvalue weighted by Crippen LogP contribution is -2.35. The van der Waals surface area contributed by atoms with E-state index in [1.54, 1.807) is 17.2 Å². The van der Waals surface area contributed by atoms with Gasteiger partial charge in [0.05, 0.1) is 20.5 Å². The van der Waals surface area contributed by atoms with E-state index in [1.165, 1.54) is 20.5 Å². The predicted molar refractivity (Wildman–Crippen MR) is 85.8 cm³/mol. The fourth-order valence-electron chi connectivity index (χ4n) is 2.99. The van der Waals surface area contributed by atoms with Crippen molar-refractivity contribution in [3.05, 3.63) is 60.1 Å². The van der Waals surface area contributed by atoms with Crippen LogP contribution in [-0.2, 0) is 30.4 Å². The first-order chi connectivity index (χ1) is 12.2. The standard InChI is InChI=1S/C18H19NO6/c1-22-17(20)14-15(13-9-6-10-24-13)19(25-16(14)18(21)23-2)11-12-7-4-3-5-8-12/h3-10,14-16H,11H2,1-2H3/t14-,15?,16+/m1/s1. The Balaban J connectivity index is 1.97. The van der Waals surface area contributed by atoms with E-state index >= 15 is 0 Å². The summed E-state index contributed by atoms with van der Waals surface area (Å²) >= 11 is 0. The van der Waals surface area contributed by atoms with Crippen LogP contribution in [0.25, 0.3) is 0 Å². The van der Waals surface area contributed by atoms with Gasteiger partial charge in [0.15, 0.2) is 6.10 Å². The molecule has 7 nitrogen and oxygen atoms in total. The number of benzene rings is 1. The highest BCUT2D eigenvalue weighted by Gasteiger charge is 2.53. The molecule has 0 N–H and O–H groups in total. The lowest BCUT2D eigenvalue weighted by atomic mass is 9.92. The lowest BCUT2D eigenvalue weighted by Gasteiger charge is -2.22. The molecule has 3 atom stereocenters. The number of nitrogens with zero attached hydrogens (tertiary/aromatic N) is 1. The third-order valence-corrected chi connectivity index (χ3v) is 4.15. The van der Waals surface area contributed by atoms with Gasteiger partial charge >= 0.3 is 11.9 Å². The number of hydrogen-bond donors (Lipinski definition) is 0. The second-order valence-corrected chi connectivity index (χ2v) is 5.62. The molecule has 2 aromatic rings. The van der Waals surface area contributed by atoms with Crippen molar-refractivity contribution in [2.75, 3.05) is 14.2 Å². The largest absolute Gasteiger partial charge is 0.469 e. The van der Waals surface area contributed by atoms with Crippen LogP contribution in [0.1, 0.15) is 17.4 Å². The summed E-state index contributed by atoms with van der Waals surface area (Å²) in [5, 5.41) is 1.57. The first-order valence-electron chi connectivity index (χ1n) is 7.82. The van der Waals surface area contributed by atoms with Crippen molar-refractivity contribution in [1.29, 1.82) is 0 Å². The van der Waals surface area contributed by atoms with Crippen molar-refractivity contribution in [3.8, 4) is 0 Å². The number of hydrogen-bond acceptors (Lipinski definition) is 7. The fraction of sp³-hybridized carbons (Fsp3) is 0.333. The first-order valence-corrected chi connectivity index (χ1v) is 7.82. The molecule has 1 aromatic heterocycles. The predicted octanol–water partition coefficient (Wildman–Crippen LogP) is 2.10. The summed E-state index contributed by atoms with van der Waals surface area (Å²) in [7, 11) is 2.53. The highest BCUT2D eigenvalue weighted by Crippen LogP contribution is 2.41. The van der Waals surface area contributed by atoms with E-state index in [0.29, 0.717) is 12.3 Å². The molecule has 3 rings (SSSR count). The Labute approximate surface area is 145 Å².